The number of nitrogens with zero attached hydrogens (tertiary/aromatic N) is 1. The highest BCUT2D eigenvalue weighted by molar-refractivity contribution is 5.76. The summed E-state index contributed by atoms with van der Waals surface area (Å²) in [6.45, 7) is 8.95. The van der Waals surface area contributed by atoms with E-state index in [1.54, 1.807) is 0 Å². The van der Waals surface area contributed by atoms with Crippen molar-refractivity contribution in [1.82, 2.24) is 15.8 Å². The zero-order valence-corrected chi connectivity index (χ0v) is 18.0. The number of aromatic nitrogens is 1. The number of carbonyl (C=O) groups excluding carboxylic acids is 1. The summed E-state index contributed by atoms with van der Waals surface area (Å²) in [6.07, 6.45) is 2.35. The van der Waals surface area contributed by atoms with E-state index in [0.29, 0.717) is 24.8 Å². The van der Waals surface area contributed by atoms with Crippen molar-refractivity contribution in [2.75, 3.05) is 19.9 Å². The summed E-state index contributed by atoms with van der Waals surface area (Å²) in [5, 5.41) is 10.8. The second-order valence-corrected chi connectivity index (χ2v) is 9.32. The van der Waals surface area contributed by atoms with Crippen molar-refractivity contribution in [2.45, 2.75) is 52.0 Å². The first-order chi connectivity index (χ1) is 14.4. The van der Waals surface area contributed by atoms with Crippen molar-refractivity contribution in [3.05, 3.63) is 41.3 Å². The lowest BCUT2D eigenvalue weighted by atomic mass is 9.81. The van der Waals surface area contributed by atoms with E-state index in [-0.39, 0.29) is 18.1 Å². The molecule has 1 aromatic heterocycles. The molecule has 2 aliphatic heterocycles. The van der Waals surface area contributed by atoms with Gasteiger partial charge in [0.05, 0.1) is 5.69 Å². The predicted octanol–water partition coefficient (Wildman–Crippen LogP) is 3.18. The van der Waals surface area contributed by atoms with Crippen molar-refractivity contribution in [3.63, 3.8) is 0 Å². The van der Waals surface area contributed by atoms with Gasteiger partial charge in [-0.2, -0.15) is 0 Å². The van der Waals surface area contributed by atoms with Crippen LogP contribution in [0.3, 0.4) is 0 Å². The summed E-state index contributed by atoms with van der Waals surface area (Å²) in [4.78, 5) is 12.6. The SMILES string of the molecule is CC(C)(C)c1cc(C[C@H]2CNCC[C@H]2CC(=O)NCc2ccc3c(c2)OCO3)no1. The first kappa shape index (κ1) is 20.7. The molecular weight excluding hydrogens is 382 g/mol. The van der Waals surface area contributed by atoms with Gasteiger partial charge >= 0.3 is 0 Å². The number of fused-ring (bicyclic) bond motifs is 1. The molecule has 2 aliphatic rings. The normalized spacial score (nSPS) is 20.9. The summed E-state index contributed by atoms with van der Waals surface area (Å²) in [5.41, 5.74) is 1.93. The van der Waals surface area contributed by atoms with Crippen molar-refractivity contribution in [1.29, 1.82) is 0 Å². The molecule has 4 rings (SSSR count). The van der Waals surface area contributed by atoms with Crippen LogP contribution in [0.15, 0.2) is 28.8 Å². The second kappa shape index (κ2) is 8.68. The molecule has 2 atom stereocenters. The number of amides is 1. The number of hydrogen-bond acceptors (Lipinski definition) is 6. The molecule has 1 amide bonds. The topological polar surface area (TPSA) is 85.6 Å². The highest BCUT2D eigenvalue weighted by Gasteiger charge is 2.29. The average molecular weight is 414 g/mol. The van der Waals surface area contributed by atoms with Crippen LogP contribution < -0.4 is 20.1 Å². The molecule has 1 aromatic carbocycles. The van der Waals surface area contributed by atoms with Crippen molar-refractivity contribution >= 4 is 5.91 Å². The van der Waals surface area contributed by atoms with Gasteiger partial charge in [0.25, 0.3) is 0 Å². The Balaban J connectivity index is 1.31. The van der Waals surface area contributed by atoms with Crippen LogP contribution >= 0.6 is 0 Å². The van der Waals surface area contributed by atoms with Gasteiger partial charge in [0.15, 0.2) is 11.5 Å². The number of ether oxygens (including phenoxy) is 2. The predicted molar refractivity (Wildman–Crippen MR) is 112 cm³/mol. The van der Waals surface area contributed by atoms with Gasteiger partial charge in [-0.15, -0.1) is 0 Å². The van der Waals surface area contributed by atoms with Crippen LogP contribution in [0.25, 0.3) is 0 Å². The molecule has 0 bridgehead atoms. The molecule has 2 N–H and O–H groups in total. The van der Waals surface area contributed by atoms with E-state index in [2.05, 4.69) is 42.6 Å². The molecule has 0 spiro atoms. The van der Waals surface area contributed by atoms with Gasteiger partial charge in [0.2, 0.25) is 12.7 Å². The minimum atomic E-state index is -0.0515. The Morgan fingerprint density at radius 2 is 2.03 bits per heavy atom. The molecule has 0 aliphatic carbocycles. The average Bonchev–Trinajstić information content (AvgIpc) is 3.36. The molecule has 2 aromatic rings. The van der Waals surface area contributed by atoms with E-state index in [4.69, 9.17) is 14.0 Å². The van der Waals surface area contributed by atoms with Gasteiger partial charge in [0, 0.05) is 24.4 Å². The van der Waals surface area contributed by atoms with E-state index >= 15 is 0 Å². The fraction of sp³-hybridized carbons (Fsp3) is 0.565. The van der Waals surface area contributed by atoms with Gasteiger partial charge < -0.3 is 24.6 Å². The van der Waals surface area contributed by atoms with Gasteiger partial charge in [-0.25, -0.2) is 0 Å². The summed E-state index contributed by atoms with van der Waals surface area (Å²) in [5.74, 6) is 3.18. The van der Waals surface area contributed by atoms with Crippen LogP contribution in [0.5, 0.6) is 11.5 Å². The first-order valence-electron chi connectivity index (χ1n) is 10.7. The number of nitrogens with one attached hydrogen (secondary N) is 2. The van der Waals surface area contributed by atoms with E-state index in [0.717, 1.165) is 54.4 Å². The Morgan fingerprint density at radius 1 is 1.20 bits per heavy atom. The zero-order valence-electron chi connectivity index (χ0n) is 18.0. The van der Waals surface area contributed by atoms with Gasteiger partial charge in [-0.1, -0.05) is 32.0 Å². The van der Waals surface area contributed by atoms with E-state index < -0.39 is 0 Å². The summed E-state index contributed by atoms with van der Waals surface area (Å²) in [6, 6.07) is 7.83. The van der Waals surface area contributed by atoms with Gasteiger partial charge in [0.1, 0.15) is 5.76 Å². The molecular formula is C23H31N3O4. The third kappa shape index (κ3) is 4.95. The lowest BCUT2D eigenvalue weighted by molar-refractivity contribution is -0.122. The number of rotatable bonds is 6. The van der Waals surface area contributed by atoms with Crippen LogP contribution in [0.1, 0.15) is 50.6 Å². The molecule has 162 valence electrons. The highest BCUT2D eigenvalue weighted by atomic mass is 16.7. The number of benzene rings is 1. The van der Waals surface area contributed by atoms with Crippen molar-refractivity contribution in [2.24, 2.45) is 11.8 Å². The Bertz CT molecular complexity index is 887. The molecule has 0 saturated carbocycles. The molecule has 7 heteroatoms. The number of carbonyl (C=O) groups is 1. The fourth-order valence-corrected chi connectivity index (χ4v) is 4.08. The number of piperidine rings is 1. The van der Waals surface area contributed by atoms with E-state index in [1.807, 2.05) is 18.2 Å². The standard InChI is InChI=1S/C23H31N3O4/c1-23(2,3)21-11-18(26-30-21)9-17-13-24-7-6-16(17)10-22(27)25-12-15-4-5-19-20(8-15)29-14-28-19/h4-5,8,11,16-17,24H,6-7,9-10,12-14H2,1-3H3,(H,25,27)/t16-,17-/m0/s1. The summed E-state index contributed by atoms with van der Waals surface area (Å²) >= 11 is 0. The Labute approximate surface area is 177 Å². The summed E-state index contributed by atoms with van der Waals surface area (Å²) < 4.78 is 16.3. The monoisotopic (exact) mass is 413 g/mol. The zero-order chi connectivity index (χ0) is 21.1. The summed E-state index contributed by atoms with van der Waals surface area (Å²) in [7, 11) is 0. The molecule has 7 nitrogen and oxygen atoms in total. The van der Waals surface area contributed by atoms with Crippen molar-refractivity contribution in [3.8, 4) is 11.5 Å². The molecule has 1 fully saturated rings. The maximum atomic E-state index is 12.6. The largest absolute Gasteiger partial charge is 0.454 e. The lowest BCUT2D eigenvalue weighted by Gasteiger charge is -2.31. The molecule has 1 saturated heterocycles. The minimum absolute atomic E-state index is 0.0515. The van der Waals surface area contributed by atoms with Crippen LogP contribution in [0, 0.1) is 11.8 Å². The highest BCUT2D eigenvalue weighted by Crippen LogP contribution is 2.32. The van der Waals surface area contributed by atoms with Crippen LogP contribution in [-0.4, -0.2) is 30.9 Å². The quantitative estimate of drug-likeness (QED) is 0.757. The maximum Gasteiger partial charge on any atom is 0.231 e. The third-order valence-electron chi connectivity index (χ3n) is 5.91. The smallest absolute Gasteiger partial charge is 0.231 e. The Kier molecular flexibility index (Phi) is 5.99. The van der Waals surface area contributed by atoms with Crippen molar-refractivity contribution < 1.29 is 18.8 Å². The maximum absolute atomic E-state index is 12.6. The van der Waals surface area contributed by atoms with Crippen LogP contribution in [0.2, 0.25) is 0 Å². The molecule has 3 heterocycles. The fourth-order valence-electron chi connectivity index (χ4n) is 4.08. The Morgan fingerprint density at radius 3 is 2.83 bits per heavy atom. The molecule has 0 unspecified atom stereocenters. The third-order valence-corrected chi connectivity index (χ3v) is 5.91. The van der Waals surface area contributed by atoms with Gasteiger partial charge in [-0.3, -0.25) is 4.79 Å². The molecule has 30 heavy (non-hydrogen) atoms. The van der Waals surface area contributed by atoms with Gasteiger partial charge in [-0.05, 0) is 55.5 Å². The first-order valence-corrected chi connectivity index (χ1v) is 10.7. The van der Waals surface area contributed by atoms with E-state index in [1.165, 1.54) is 0 Å². The second-order valence-electron chi connectivity index (χ2n) is 9.32. The Hall–Kier alpha value is -2.54. The minimum Gasteiger partial charge on any atom is -0.454 e. The number of hydrogen-bond donors (Lipinski definition) is 2. The lowest BCUT2D eigenvalue weighted by Crippen LogP contribution is -2.40. The van der Waals surface area contributed by atoms with Crippen LogP contribution in [-0.2, 0) is 23.2 Å². The molecule has 0 radical (unpaired) electrons. The van der Waals surface area contributed by atoms with E-state index in [9.17, 15) is 4.79 Å². The van der Waals surface area contributed by atoms with Crippen LogP contribution in [0.4, 0.5) is 0 Å².